The van der Waals surface area contributed by atoms with Crippen LogP contribution in [0.15, 0.2) is 71.8 Å². The number of carbonyl (C=O) groups excluding carboxylic acids is 3. The number of nitrogens with zero attached hydrogens (tertiary/aromatic N) is 1. The third kappa shape index (κ3) is 8.81. The van der Waals surface area contributed by atoms with E-state index in [4.69, 9.17) is 9.47 Å². The first-order valence-corrected chi connectivity index (χ1v) is 11.8. The summed E-state index contributed by atoms with van der Waals surface area (Å²) >= 11 is 0. The van der Waals surface area contributed by atoms with Gasteiger partial charge in [0.1, 0.15) is 11.5 Å². The van der Waals surface area contributed by atoms with Crippen molar-refractivity contribution in [3.8, 4) is 11.5 Å². The lowest BCUT2D eigenvalue weighted by molar-refractivity contribution is -0.136. The average Bonchev–Trinajstić information content (AvgIpc) is 2.89. The Morgan fingerprint density at radius 1 is 0.838 bits per heavy atom. The van der Waals surface area contributed by atoms with Crippen molar-refractivity contribution in [3.05, 3.63) is 83.4 Å². The molecule has 9 nitrogen and oxygen atoms in total. The number of nitrogens with one attached hydrogen (secondary N) is 3. The van der Waals surface area contributed by atoms with Gasteiger partial charge in [0.2, 0.25) is 0 Å². The summed E-state index contributed by atoms with van der Waals surface area (Å²) in [5.74, 6) is -0.827. The van der Waals surface area contributed by atoms with E-state index >= 15 is 0 Å². The zero-order valence-electron chi connectivity index (χ0n) is 21.0. The lowest BCUT2D eigenvalue weighted by Gasteiger charge is -2.10. The number of benzene rings is 3. The number of ether oxygens (including phenoxy) is 2. The molecular weight excluding hydrogens is 472 g/mol. The topological polar surface area (TPSA) is 118 Å². The molecule has 0 unspecified atom stereocenters. The van der Waals surface area contributed by atoms with Gasteiger partial charge in [0.05, 0.1) is 12.8 Å². The smallest absolute Gasteiger partial charge is 0.329 e. The zero-order valence-corrected chi connectivity index (χ0v) is 21.0. The number of hydrogen-bond donors (Lipinski definition) is 3. The van der Waals surface area contributed by atoms with Crippen molar-refractivity contribution < 1.29 is 23.9 Å². The highest BCUT2D eigenvalue weighted by Gasteiger charge is 2.13. The Morgan fingerprint density at radius 3 is 2.19 bits per heavy atom. The third-order valence-corrected chi connectivity index (χ3v) is 5.08. The minimum atomic E-state index is -0.905. The van der Waals surface area contributed by atoms with Crippen LogP contribution in [0.5, 0.6) is 11.5 Å². The molecule has 192 valence electrons. The normalized spacial score (nSPS) is 10.6. The summed E-state index contributed by atoms with van der Waals surface area (Å²) in [7, 11) is 0. The first kappa shape index (κ1) is 26.9. The van der Waals surface area contributed by atoms with Crippen LogP contribution >= 0.6 is 0 Å². The lowest BCUT2D eigenvalue weighted by atomic mass is 10.1. The third-order valence-electron chi connectivity index (χ3n) is 5.08. The van der Waals surface area contributed by atoms with Crippen LogP contribution in [0.25, 0.3) is 0 Å². The fourth-order valence-corrected chi connectivity index (χ4v) is 3.20. The average molecular weight is 503 g/mol. The maximum atomic E-state index is 12.2. The molecule has 0 aliphatic heterocycles. The van der Waals surface area contributed by atoms with Crippen LogP contribution < -0.4 is 25.5 Å². The maximum Gasteiger partial charge on any atom is 0.329 e. The van der Waals surface area contributed by atoms with E-state index in [0.29, 0.717) is 29.4 Å². The second-order valence-corrected chi connectivity index (χ2v) is 8.25. The number of hydrogen-bond acceptors (Lipinski definition) is 6. The molecule has 0 aliphatic rings. The van der Waals surface area contributed by atoms with Crippen LogP contribution in [0.3, 0.4) is 0 Å². The van der Waals surface area contributed by atoms with Gasteiger partial charge in [0.15, 0.2) is 6.61 Å². The Bertz CT molecular complexity index is 1250. The molecule has 9 heteroatoms. The molecule has 3 aromatic carbocycles. The molecule has 0 saturated heterocycles. The number of anilines is 2. The Hall–Kier alpha value is -4.66. The number of rotatable bonds is 10. The van der Waals surface area contributed by atoms with Gasteiger partial charge in [0, 0.05) is 11.4 Å². The molecule has 0 bridgehead atoms. The minimum Gasteiger partial charge on any atom is -0.494 e. The van der Waals surface area contributed by atoms with E-state index in [2.05, 4.69) is 21.2 Å². The largest absolute Gasteiger partial charge is 0.494 e. The van der Waals surface area contributed by atoms with Gasteiger partial charge < -0.3 is 20.1 Å². The van der Waals surface area contributed by atoms with Crippen LogP contribution in [0.4, 0.5) is 11.4 Å². The second kappa shape index (κ2) is 13.4. The molecule has 37 heavy (non-hydrogen) atoms. The highest BCUT2D eigenvalue weighted by Crippen LogP contribution is 2.17. The van der Waals surface area contributed by atoms with Crippen LogP contribution in [-0.2, 0) is 14.4 Å². The van der Waals surface area contributed by atoms with Crippen molar-refractivity contribution in [3.63, 3.8) is 0 Å². The Labute approximate surface area is 215 Å². The molecule has 0 heterocycles. The molecule has 0 atom stereocenters. The molecule has 0 aromatic heterocycles. The van der Waals surface area contributed by atoms with Gasteiger partial charge in [0.25, 0.3) is 5.91 Å². The molecule has 3 rings (SSSR count). The van der Waals surface area contributed by atoms with Crippen molar-refractivity contribution in [2.45, 2.75) is 27.2 Å². The molecule has 0 fully saturated rings. The number of hydrazone groups is 1. The summed E-state index contributed by atoms with van der Waals surface area (Å²) in [4.78, 5) is 36.2. The monoisotopic (exact) mass is 502 g/mol. The van der Waals surface area contributed by atoms with Gasteiger partial charge in [-0.05, 0) is 86.0 Å². The van der Waals surface area contributed by atoms with Crippen LogP contribution in [0, 0.1) is 13.8 Å². The van der Waals surface area contributed by atoms with Gasteiger partial charge in [-0.15, -0.1) is 0 Å². The SMILES string of the molecule is CCCOc1ccc(NC(=O)C(=O)N/N=C\c2ccc(OCC(=O)Nc3ccc(C)cc3C)cc2)cc1. The van der Waals surface area contributed by atoms with Crippen molar-refractivity contribution in [1.29, 1.82) is 0 Å². The standard InChI is InChI=1S/C28H30N4O5/c1-4-15-36-23-12-8-22(9-13-23)30-27(34)28(35)32-29-17-21-6-10-24(11-7-21)37-18-26(33)31-25-14-5-19(2)16-20(25)3/h5-14,16-17H,4,15,18H2,1-3H3,(H,30,34)(H,31,33)(H,32,35)/b29-17-. The van der Waals surface area contributed by atoms with E-state index in [1.54, 1.807) is 48.5 Å². The Balaban J connectivity index is 1.41. The van der Waals surface area contributed by atoms with E-state index in [-0.39, 0.29) is 12.5 Å². The van der Waals surface area contributed by atoms with Crippen molar-refractivity contribution in [1.82, 2.24) is 5.43 Å². The molecule has 3 aromatic rings. The predicted octanol–water partition coefficient (Wildman–Crippen LogP) is 4.20. The molecule has 0 saturated carbocycles. The first-order chi connectivity index (χ1) is 17.8. The lowest BCUT2D eigenvalue weighted by Crippen LogP contribution is -2.32. The number of amides is 3. The summed E-state index contributed by atoms with van der Waals surface area (Å²) in [5, 5.41) is 9.13. The number of aryl methyl sites for hydroxylation is 2. The van der Waals surface area contributed by atoms with E-state index in [9.17, 15) is 14.4 Å². The van der Waals surface area contributed by atoms with Crippen LogP contribution in [0.1, 0.15) is 30.0 Å². The van der Waals surface area contributed by atoms with Gasteiger partial charge in [-0.2, -0.15) is 5.10 Å². The van der Waals surface area contributed by atoms with E-state index in [1.165, 1.54) is 6.21 Å². The van der Waals surface area contributed by atoms with Crippen molar-refractivity contribution >= 4 is 35.3 Å². The summed E-state index contributed by atoms with van der Waals surface area (Å²) < 4.78 is 11.0. The predicted molar refractivity (Wildman–Crippen MR) is 143 cm³/mol. The molecule has 3 amide bonds. The van der Waals surface area contributed by atoms with Crippen LogP contribution in [0.2, 0.25) is 0 Å². The van der Waals surface area contributed by atoms with E-state index in [1.807, 2.05) is 39.0 Å². The summed E-state index contributed by atoms with van der Waals surface area (Å²) in [6.07, 6.45) is 2.28. The minimum absolute atomic E-state index is 0.138. The van der Waals surface area contributed by atoms with Gasteiger partial charge in [-0.1, -0.05) is 24.6 Å². The second-order valence-electron chi connectivity index (χ2n) is 8.25. The number of carbonyl (C=O) groups is 3. The van der Waals surface area contributed by atoms with Gasteiger partial charge in [-0.3, -0.25) is 14.4 Å². The fourth-order valence-electron chi connectivity index (χ4n) is 3.20. The van der Waals surface area contributed by atoms with Crippen molar-refractivity contribution in [2.24, 2.45) is 5.10 Å². The molecule has 3 N–H and O–H groups in total. The quantitative estimate of drug-likeness (QED) is 0.218. The zero-order chi connectivity index (χ0) is 26.6. The first-order valence-electron chi connectivity index (χ1n) is 11.8. The van der Waals surface area contributed by atoms with Gasteiger partial charge >= 0.3 is 11.8 Å². The Kier molecular flexibility index (Phi) is 9.78. The van der Waals surface area contributed by atoms with Crippen molar-refractivity contribution in [2.75, 3.05) is 23.8 Å². The van der Waals surface area contributed by atoms with E-state index < -0.39 is 11.8 Å². The summed E-state index contributed by atoms with van der Waals surface area (Å²) in [6, 6.07) is 19.3. The summed E-state index contributed by atoms with van der Waals surface area (Å²) in [5.41, 5.74) is 6.16. The highest BCUT2D eigenvalue weighted by atomic mass is 16.5. The Morgan fingerprint density at radius 2 is 1.51 bits per heavy atom. The maximum absolute atomic E-state index is 12.2. The van der Waals surface area contributed by atoms with Crippen LogP contribution in [-0.4, -0.2) is 37.1 Å². The molecular formula is C28H30N4O5. The van der Waals surface area contributed by atoms with Gasteiger partial charge in [-0.25, -0.2) is 5.43 Å². The summed E-state index contributed by atoms with van der Waals surface area (Å²) in [6.45, 7) is 6.40. The van der Waals surface area contributed by atoms with E-state index in [0.717, 1.165) is 23.2 Å². The molecule has 0 radical (unpaired) electrons. The molecule has 0 spiro atoms. The molecule has 0 aliphatic carbocycles. The fraction of sp³-hybridized carbons (Fsp3) is 0.214. The highest BCUT2D eigenvalue weighted by molar-refractivity contribution is 6.39.